The Morgan fingerprint density at radius 2 is 1.21 bits per heavy atom. The van der Waals surface area contributed by atoms with E-state index in [2.05, 4.69) is 19.1 Å². The maximum Gasteiger partial charge on any atom is 0.323 e. The highest BCUT2D eigenvalue weighted by Gasteiger charge is 2.18. The second-order valence-electron chi connectivity index (χ2n) is 8.94. The van der Waals surface area contributed by atoms with Crippen LogP contribution in [0.4, 0.5) is 0 Å². The molecular formula is C26H48N2O6. The van der Waals surface area contributed by atoms with Crippen molar-refractivity contribution in [2.24, 2.45) is 0 Å². The van der Waals surface area contributed by atoms with E-state index in [0.717, 1.165) is 38.5 Å². The van der Waals surface area contributed by atoms with Crippen molar-refractivity contribution in [1.82, 2.24) is 9.80 Å². The largest absolute Gasteiger partial charge is 0.480 e. The molecule has 0 aliphatic carbocycles. The van der Waals surface area contributed by atoms with Crippen molar-refractivity contribution in [3.05, 3.63) is 12.2 Å². The molecular weight excluding hydrogens is 436 g/mol. The van der Waals surface area contributed by atoms with Gasteiger partial charge in [-0.15, -0.1) is 0 Å². The first-order chi connectivity index (χ1) is 16.4. The van der Waals surface area contributed by atoms with E-state index in [-0.39, 0.29) is 38.7 Å². The van der Waals surface area contributed by atoms with Gasteiger partial charge in [-0.3, -0.25) is 19.3 Å². The Balaban J connectivity index is 3.97. The van der Waals surface area contributed by atoms with Gasteiger partial charge in [0.05, 0.1) is 13.2 Å². The Morgan fingerprint density at radius 1 is 0.676 bits per heavy atom. The first kappa shape index (κ1) is 32.1. The molecule has 0 atom stereocenters. The zero-order valence-corrected chi connectivity index (χ0v) is 21.3. The molecule has 198 valence electrons. The van der Waals surface area contributed by atoms with Crippen LogP contribution in [0.2, 0.25) is 0 Å². The third-order valence-electron chi connectivity index (χ3n) is 5.79. The highest BCUT2D eigenvalue weighted by molar-refractivity contribution is 5.81. The van der Waals surface area contributed by atoms with Crippen LogP contribution in [-0.4, -0.2) is 82.3 Å². The van der Waals surface area contributed by atoms with Crippen molar-refractivity contribution in [1.29, 1.82) is 0 Å². The number of carbonyl (C=O) groups excluding carboxylic acids is 1. The molecule has 0 aromatic carbocycles. The summed E-state index contributed by atoms with van der Waals surface area (Å²) < 4.78 is 0. The molecule has 0 aromatic heterocycles. The predicted molar refractivity (Wildman–Crippen MR) is 135 cm³/mol. The molecule has 8 heteroatoms. The van der Waals surface area contributed by atoms with Gasteiger partial charge >= 0.3 is 11.9 Å². The molecule has 0 saturated carbocycles. The van der Waals surface area contributed by atoms with Gasteiger partial charge in [0.2, 0.25) is 5.91 Å². The minimum absolute atomic E-state index is 0.128. The number of carboxylic acid groups (broad SMARTS) is 2. The lowest BCUT2D eigenvalue weighted by Gasteiger charge is -2.25. The first-order valence-corrected chi connectivity index (χ1v) is 13.1. The van der Waals surface area contributed by atoms with Gasteiger partial charge in [-0.25, -0.2) is 0 Å². The number of allylic oxidation sites excluding steroid dienone is 2. The summed E-state index contributed by atoms with van der Waals surface area (Å²) in [5, 5.41) is 27.1. The summed E-state index contributed by atoms with van der Waals surface area (Å²) >= 11 is 0. The van der Waals surface area contributed by atoms with Crippen molar-refractivity contribution in [2.45, 2.75) is 96.8 Å². The minimum Gasteiger partial charge on any atom is -0.480 e. The Labute approximate surface area is 206 Å². The number of hydrogen-bond acceptors (Lipinski definition) is 5. The summed E-state index contributed by atoms with van der Waals surface area (Å²) in [5.41, 5.74) is 0. The van der Waals surface area contributed by atoms with Crippen LogP contribution in [0.3, 0.4) is 0 Å². The van der Waals surface area contributed by atoms with Crippen molar-refractivity contribution in [3.63, 3.8) is 0 Å². The van der Waals surface area contributed by atoms with E-state index in [1.807, 2.05) is 0 Å². The van der Waals surface area contributed by atoms with Gasteiger partial charge in [-0.1, -0.05) is 70.4 Å². The van der Waals surface area contributed by atoms with Gasteiger partial charge in [-0.2, -0.15) is 0 Å². The second-order valence-corrected chi connectivity index (χ2v) is 8.94. The average molecular weight is 485 g/mol. The molecule has 3 N–H and O–H groups in total. The molecule has 34 heavy (non-hydrogen) atoms. The fourth-order valence-corrected chi connectivity index (χ4v) is 3.83. The van der Waals surface area contributed by atoms with Gasteiger partial charge in [0.15, 0.2) is 0 Å². The molecule has 0 aliphatic heterocycles. The molecule has 8 nitrogen and oxygen atoms in total. The first-order valence-electron chi connectivity index (χ1n) is 13.1. The predicted octanol–water partition coefficient (Wildman–Crippen LogP) is 4.32. The Hall–Kier alpha value is -1.93. The number of aliphatic carboxylic acids is 2. The van der Waals surface area contributed by atoms with Crippen molar-refractivity contribution < 1.29 is 29.7 Å². The molecule has 0 fully saturated rings. The van der Waals surface area contributed by atoms with Gasteiger partial charge in [0.25, 0.3) is 0 Å². The number of carboxylic acids is 2. The van der Waals surface area contributed by atoms with E-state index in [9.17, 15) is 14.4 Å². The lowest BCUT2D eigenvalue weighted by molar-refractivity contribution is -0.145. The fraction of sp³-hybridized carbons (Fsp3) is 0.808. The molecule has 0 unspecified atom stereocenters. The number of hydrogen-bond donors (Lipinski definition) is 3. The molecule has 0 bridgehead atoms. The van der Waals surface area contributed by atoms with Crippen molar-refractivity contribution in [2.75, 3.05) is 39.3 Å². The normalized spacial score (nSPS) is 11.4. The third kappa shape index (κ3) is 20.7. The lowest BCUT2D eigenvalue weighted by atomic mass is 10.1. The Morgan fingerprint density at radius 3 is 1.74 bits per heavy atom. The SMILES string of the molecule is CCCCCCCCC=CCCCCCCCC(=O)N(CCN(CCO)CC(=O)O)CC(=O)O. The van der Waals surface area contributed by atoms with Gasteiger partial charge in [0, 0.05) is 26.1 Å². The van der Waals surface area contributed by atoms with Crippen molar-refractivity contribution >= 4 is 17.8 Å². The van der Waals surface area contributed by atoms with Gasteiger partial charge in [0.1, 0.15) is 6.54 Å². The molecule has 0 aliphatic rings. The Bertz CT molecular complexity index is 567. The number of amides is 1. The summed E-state index contributed by atoms with van der Waals surface area (Å²) in [4.78, 5) is 37.3. The van der Waals surface area contributed by atoms with Crippen LogP contribution in [-0.2, 0) is 14.4 Å². The molecule has 0 saturated heterocycles. The monoisotopic (exact) mass is 484 g/mol. The summed E-state index contributed by atoms with van der Waals surface area (Å²) in [6.45, 7) is 1.88. The van der Waals surface area contributed by atoms with Crippen LogP contribution in [0, 0.1) is 0 Å². The van der Waals surface area contributed by atoms with Crippen LogP contribution < -0.4 is 0 Å². The molecule has 0 radical (unpaired) electrons. The third-order valence-corrected chi connectivity index (χ3v) is 5.79. The van der Waals surface area contributed by atoms with E-state index in [4.69, 9.17) is 15.3 Å². The van der Waals surface area contributed by atoms with Crippen LogP contribution >= 0.6 is 0 Å². The van der Waals surface area contributed by atoms with E-state index in [1.165, 1.54) is 54.7 Å². The van der Waals surface area contributed by atoms with E-state index < -0.39 is 18.5 Å². The van der Waals surface area contributed by atoms with Crippen LogP contribution in [0.25, 0.3) is 0 Å². The number of aliphatic hydroxyl groups is 1. The zero-order chi connectivity index (χ0) is 25.4. The number of carbonyl (C=O) groups is 3. The van der Waals surface area contributed by atoms with E-state index in [0.29, 0.717) is 6.42 Å². The summed E-state index contributed by atoms with van der Waals surface area (Å²) in [7, 11) is 0. The minimum atomic E-state index is -1.09. The average Bonchev–Trinajstić information content (AvgIpc) is 2.78. The molecule has 0 aromatic rings. The summed E-state index contributed by atoms with van der Waals surface area (Å²) in [6.07, 6.45) is 20.1. The van der Waals surface area contributed by atoms with E-state index in [1.54, 1.807) is 0 Å². The quantitative estimate of drug-likeness (QED) is 0.138. The van der Waals surface area contributed by atoms with Gasteiger partial charge in [-0.05, 0) is 32.1 Å². The maximum atomic E-state index is 12.5. The van der Waals surface area contributed by atoms with Crippen LogP contribution in [0.1, 0.15) is 96.8 Å². The summed E-state index contributed by atoms with van der Waals surface area (Å²) in [6, 6.07) is 0. The second kappa shape index (κ2) is 22.8. The topological polar surface area (TPSA) is 118 Å². The van der Waals surface area contributed by atoms with E-state index >= 15 is 0 Å². The highest BCUT2D eigenvalue weighted by atomic mass is 16.4. The maximum absolute atomic E-state index is 12.5. The number of nitrogens with zero attached hydrogens (tertiary/aromatic N) is 2. The molecule has 1 amide bonds. The fourth-order valence-electron chi connectivity index (χ4n) is 3.83. The number of aliphatic hydroxyl groups excluding tert-OH is 1. The highest BCUT2D eigenvalue weighted by Crippen LogP contribution is 2.11. The van der Waals surface area contributed by atoms with Gasteiger partial charge < -0.3 is 20.2 Å². The summed E-state index contributed by atoms with van der Waals surface area (Å²) in [5.74, 6) is -2.35. The zero-order valence-electron chi connectivity index (χ0n) is 21.3. The molecule has 0 rings (SSSR count). The molecule has 0 spiro atoms. The van der Waals surface area contributed by atoms with Crippen LogP contribution in [0.15, 0.2) is 12.2 Å². The number of rotatable bonds is 24. The molecule has 0 heterocycles. The smallest absolute Gasteiger partial charge is 0.323 e. The lowest BCUT2D eigenvalue weighted by Crippen LogP contribution is -2.43. The van der Waals surface area contributed by atoms with Crippen LogP contribution in [0.5, 0.6) is 0 Å². The van der Waals surface area contributed by atoms with Crippen molar-refractivity contribution in [3.8, 4) is 0 Å². The standard InChI is InChI=1S/C26H48N2O6/c1-2-3-4-5-6-7-8-9-10-11-12-13-14-15-16-17-24(30)28(23-26(33)34)19-18-27(20-21-29)22-25(31)32/h9-10,29H,2-8,11-23H2,1H3,(H,31,32)(H,33,34). The number of unbranched alkanes of at least 4 members (excludes halogenated alkanes) is 11. The Kier molecular flexibility index (Phi) is 21.5.